The van der Waals surface area contributed by atoms with Crippen molar-refractivity contribution < 1.29 is 22.6 Å². The summed E-state index contributed by atoms with van der Waals surface area (Å²) in [6, 6.07) is 8.35. The molecule has 1 saturated carbocycles. The smallest absolute Gasteiger partial charge is 0.432 e. The van der Waals surface area contributed by atoms with Gasteiger partial charge >= 0.3 is 6.18 Å². The van der Waals surface area contributed by atoms with E-state index in [4.69, 9.17) is 26.1 Å². The zero-order chi connectivity index (χ0) is 29.1. The molecule has 0 spiro atoms. The number of nitrogens with zero attached hydrogens (tertiary/aromatic N) is 6. The summed E-state index contributed by atoms with van der Waals surface area (Å²) < 4.78 is 50.4. The van der Waals surface area contributed by atoms with Crippen LogP contribution >= 0.6 is 11.6 Å². The lowest BCUT2D eigenvalue weighted by Crippen LogP contribution is -2.05. The molecule has 41 heavy (non-hydrogen) atoms. The first-order chi connectivity index (χ1) is 19.8. The molecule has 1 aliphatic rings. The van der Waals surface area contributed by atoms with Gasteiger partial charge in [-0.25, -0.2) is 24.9 Å². The molecule has 1 aromatic carbocycles. The van der Waals surface area contributed by atoms with E-state index < -0.39 is 11.9 Å². The van der Waals surface area contributed by atoms with Crippen molar-refractivity contribution in [1.82, 2.24) is 34.9 Å². The van der Waals surface area contributed by atoms with Crippen molar-refractivity contribution in [3.8, 4) is 34.5 Å². The zero-order valence-corrected chi connectivity index (χ0v) is 23.1. The van der Waals surface area contributed by atoms with E-state index in [9.17, 15) is 13.2 Å². The standard InChI is InChI=1S/C26H19ClF3N7O2.C2H6/c1-38-24-19(20(13-4-5-13)33-12-34-24)23-35-17-3-2-8-31-21(17)25(37-23)39-11-15-7-6-14(9-16(15)27)22-32-10-18(36-22)26(28,29)30;1-2/h2-3,6-10,12-13H,4-5,11H2,1H3,(H,32,36);1-2H3. The Morgan fingerprint density at radius 3 is 2.51 bits per heavy atom. The van der Waals surface area contributed by atoms with Crippen LogP contribution in [0.25, 0.3) is 33.8 Å². The Kier molecular flexibility index (Phi) is 8.02. The Hall–Kier alpha value is -4.32. The average Bonchev–Trinajstić information content (AvgIpc) is 3.70. The second-order valence-corrected chi connectivity index (χ2v) is 9.29. The Bertz CT molecular complexity index is 1690. The molecule has 4 heterocycles. The summed E-state index contributed by atoms with van der Waals surface area (Å²) >= 11 is 6.46. The van der Waals surface area contributed by atoms with Gasteiger partial charge in [0.25, 0.3) is 0 Å². The summed E-state index contributed by atoms with van der Waals surface area (Å²) in [7, 11) is 1.53. The van der Waals surface area contributed by atoms with Gasteiger partial charge < -0.3 is 14.5 Å². The maximum atomic E-state index is 12.9. The summed E-state index contributed by atoms with van der Waals surface area (Å²) in [4.78, 5) is 28.6. The monoisotopic (exact) mass is 583 g/mol. The SMILES string of the molecule is CC.COc1ncnc(C2CC2)c1-c1nc(OCc2ccc(-c3ncc(C(F)(F)F)[nH]3)cc2Cl)c2ncccc2n1. The predicted molar refractivity (Wildman–Crippen MR) is 147 cm³/mol. The lowest BCUT2D eigenvalue weighted by atomic mass is 10.1. The summed E-state index contributed by atoms with van der Waals surface area (Å²) in [5, 5.41) is 0.290. The molecule has 212 valence electrons. The maximum Gasteiger partial charge on any atom is 0.432 e. The fourth-order valence-electron chi connectivity index (χ4n) is 4.14. The van der Waals surface area contributed by atoms with E-state index in [1.54, 1.807) is 30.5 Å². The molecule has 6 rings (SSSR count). The van der Waals surface area contributed by atoms with E-state index in [0.717, 1.165) is 24.7 Å². The van der Waals surface area contributed by atoms with Gasteiger partial charge in [-0.3, -0.25) is 0 Å². The van der Waals surface area contributed by atoms with E-state index in [1.165, 1.54) is 19.5 Å². The van der Waals surface area contributed by atoms with Crippen molar-refractivity contribution >= 4 is 22.6 Å². The zero-order valence-electron chi connectivity index (χ0n) is 22.3. The van der Waals surface area contributed by atoms with E-state index in [1.807, 2.05) is 13.8 Å². The Morgan fingerprint density at radius 2 is 1.83 bits per heavy atom. The number of rotatable bonds is 7. The van der Waals surface area contributed by atoms with Gasteiger partial charge in [0.1, 0.15) is 30.0 Å². The van der Waals surface area contributed by atoms with Crippen LogP contribution in [0.1, 0.15) is 49.6 Å². The van der Waals surface area contributed by atoms with Crippen molar-refractivity contribution in [2.24, 2.45) is 0 Å². The molecule has 4 aromatic heterocycles. The Labute approximate surface area is 238 Å². The van der Waals surface area contributed by atoms with Crippen molar-refractivity contribution in [2.75, 3.05) is 7.11 Å². The molecule has 5 aromatic rings. The second kappa shape index (κ2) is 11.7. The van der Waals surface area contributed by atoms with E-state index in [0.29, 0.717) is 39.4 Å². The minimum atomic E-state index is -4.52. The van der Waals surface area contributed by atoms with Crippen LogP contribution in [-0.2, 0) is 12.8 Å². The van der Waals surface area contributed by atoms with Crippen LogP contribution in [0.5, 0.6) is 11.8 Å². The van der Waals surface area contributed by atoms with Crippen LogP contribution in [0.3, 0.4) is 0 Å². The number of aromatic nitrogens is 7. The van der Waals surface area contributed by atoms with Crippen LogP contribution in [0.4, 0.5) is 13.2 Å². The molecule has 0 atom stereocenters. The lowest BCUT2D eigenvalue weighted by molar-refractivity contribution is -0.140. The molecule has 13 heteroatoms. The van der Waals surface area contributed by atoms with Gasteiger partial charge in [-0.1, -0.05) is 37.6 Å². The van der Waals surface area contributed by atoms with Gasteiger partial charge in [0.2, 0.25) is 11.8 Å². The number of hydrogen-bond acceptors (Lipinski definition) is 8. The Balaban J connectivity index is 0.00000165. The number of fused-ring (bicyclic) bond motifs is 1. The highest BCUT2D eigenvalue weighted by Crippen LogP contribution is 2.45. The van der Waals surface area contributed by atoms with Crippen LogP contribution in [0.15, 0.2) is 49.1 Å². The molecular formula is C28H25ClF3N7O2. The highest BCUT2D eigenvalue weighted by Gasteiger charge is 2.33. The summed E-state index contributed by atoms with van der Waals surface area (Å²) in [6.45, 7) is 4.02. The highest BCUT2D eigenvalue weighted by atomic mass is 35.5. The molecule has 9 nitrogen and oxygen atoms in total. The fourth-order valence-corrected chi connectivity index (χ4v) is 4.37. The quantitative estimate of drug-likeness (QED) is 0.217. The number of H-pyrrole nitrogens is 1. The predicted octanol–water partition coefficient (Wildman–Crippen LogP) is 7.04. The summed E-state index contributed by atoms with van der Waals surface area (Å²) in [6.07, 6.45) is 1.32. The minimum absolute atomic E-state index is 0.0190. The molecule has 1 N–H and O–H groups in total. The molecular weight excluding hydrogens is 559 g/mol. The minimum Gasteiger partial charge on any atom is -0.480 e. The molecule has 0 saturated heterocycles. The lowest BCUT2D eigenvalue weighted by Gasteiger charge is -2.14. The van der Waals surface area contributed by atoms with Gasteiger partial charge in [-0.15, -0.1) is 0 Å². The number of imidazole rings is 1. The number of benzene rings is 1. The third-order valence-electron chi connectivity index (χ3n) is 6.22. The van der Waals surface area contributed by atoms with Gasteiger partial charge in [-0.2, -0.15) is 18.2 Å². The number of hydrogen-bond donors (Lipinski definition) is 1. The summed E-state index contributed by atoms with van der Waals surface area (Å²) in [5.74, 6) is 1.28. The van der Waals surface area contributed by atoms with E-state index >= 15 is 0 Å². The van der Waals surface area contributed by atoms with Crippen LogP contribution in [0.2, 0.25) is 5.02 Å². The number of pyridine rings is 1. The van der Waals surface area contributed by atoms with E-state index in [2.05, 4.69) is 29.9 Å². The molecule has 1 fully saturated rings. The van der Waals surface area contributed by atoms with Crippen LogP contribution < -0.4 is 9.47 Å². The van der Waals surface area contributed by atoms with Crippen molar-refractivity contribution in [3.05, 3.63) is 71.0 Å². The topological polar surface area (TPSA) is 112 Å². The second-order valence-electron chi connectivity index (χ2n) is 8.88. The Morgan fingerprint density at radius 1 is 1.02 bits per heavy atom. The van der Waals surface area contributed by atoms with Gasteiger partial charge in [0.15, 0.2) is 11.3 Å². The number of nitrogens with one attached hydrogen (secondary N) is 1. The highest BCUT2D eigenvalue weighted by molar-refractivity contribution is 6.31. The van der Waals surface area contributed by atoms with Gasteiger partial charge in [-0.05, 0) is 31.0 Å². The van der Waals surface area contributed by atoms with Crippen molar-refractivity contribution in [1.29, 1.82) is 0 Å². The fraction of sp³-hybridized carbons (Fsp3) is 0.286. The number of ether oxygens (including phenoxy) is 2. The molecule has 0 bridgehead atoms. The normalized spacial score (nSPS) is 13.0. The van der Waals surface area contributed by atoms with Gasteiger partial charge in [0, 0.05) is 28.3 Å². The average molecular weight is 584 g/mol. The third kappa shape index (κ3) is 5.92. The third-order valence-corrected chi connectivity index (χ3v) is 6.57. The van der Waals surface area contributed by atoms with E-state index in [-0.39, 0.29) is 29.3 Å². The molecule has 0 amide bonds. The first-order valence-corrected chi connectivity index (χ1v) is 13.3. The largest absolute Gasteiger partial charge is 0.480 e. The molecule has 0 unspecified atom stereocenters. The number of alkyl halides is 3. The summed E-state index contributed by atoms with van der Waals surface area (Å²) in [5.41, 5.74) is 2.49. The van der Waals surface area contributed by atoms with Gasteiger partial charge in [0.05, 0.1) is 24.5 Å². The van der Waals surface area contributed by atoms with Crippen molar-refractivity contribution in [3.63, 3.8) is 0 Å². The number of aromatic amines is 1. The molecule has 0 aliphatic heterocycles. The van der Waals surface area contributed by atoms with Crippen LogP contribution in [-0.4, -0.2) is 42.0 Å². The maximum absolute atomic E-state index is 12.9. The number of halogens is 4. The molecule has 0 radical (unpaired) electrons. The van der Waals surface area contributed by atoms with Crippen molar-refractivity contribution in [2.45, 2.75) is 45.4 Å². The molecule has 1 aliphatic carbocycles. The first-order valence-electron chi connectivity index (χ1n) is 12.9. The number of methoxy groups -OCH3 is 1. The van der Waals surface area contributed by atoms with Crippen LogP contribution in [0, 0.1) is 0 Å². The first kappa shape index (κ1) is 28.2.